The van der Waals surface area contributed by atoms with Crippen LogP contribution in [0.2, 0.25) is 5.02 Å². The molecule has 0 aliphatic carbocycles. The van der Waals surface area contributed by atoms with Crippen LogP contribution < -0.4 is 9.47 Å². The van der Waals surface area contributed by atoms with E-state index in [2.05, 4.69) is 9.97 Å². The molecule has 8 heteroatoms. The molecule has 3 aromatic rings. The van der Waals surface area contributed by atoms with Crippen LogP contribution in [0, 0.1) is 0 Å². The summed E-state index contributed by atoms with van der Waals surface area (Å²) in [7, 11) is 3.83. The standard InChI is InChI=1S/C21H22ClN3O4/c1-14(21(26)27-11-10-25(2)3)28-16-5-7-17(8-6-16)29-20-13-23-19-12-15(22)4-9-18(19)24-20/h4-9,12-14H,10-11H2,1-3H3. The monoisotopic (exact) mass is 415 g/mol. The first-order valence-electron chi connectivity index (χ1n) is 9.09. The van der Waals surface area contributed by atoms with E-state index in [1.165, 1.54) is 6.20 Å². The van der Waals surface area contributed by atoms with Crippen molar-refractivity contribution in [3.63, 3.8) is 0 Å². The molecule has 0 N–H and O–H groups in total. The maximum absolute atomic E-state index is 12.0. The molecule has 0 saturated heterocycles. The zero-order valence-electron chi connectivity index (χ0n) is 16.5. The van der Waals surface area contributed by atoms with Crippen LogP contribution in [0.4, 0.5) is 0 Å². The molecule has 0 spiro atoms. The Morgan fingerprint density at radius 2 is 1.83 bits per heavy atom. The number of halogens is 1. The van der Waals surface area contributed by atoms with Crippen LogP contribution in [0.5, 0.6) is 17.4 Å². The highest BCUT2D eigenvalue weighted by molar-refractivity contribution is 6.31. The lowest BCUT2D eigenvalue weighted by atomic mass is 10.3. The number of fused-ring (bicyclic) bond motifs is 1. The molecular formula is C21H22ClN3O4. The van der Waals surface area contributed by atoms with Gasteiger partial charge >= 0.3 is 5.97 Å². The smallest absolute Gasteiger partial charge is 0.347 e. The number of nitrogens with zero attached hydrogens (tertiary/aromatic N) is 3. The van der Waals surface area contributed by atoms with Crippen molar-refractivity contribution in [3.05, 3.63) is 53.7 Å². The molecule has 0 radical (unpaired) electrons. The van der Waals surface area contributed by atoms with E-state index in [9.17, 15) is 4.79 Å². The highest BCUT2D eigenvalue weighted by atomic mass is 35.5. The molecule has 0 aliphatic rings. The topological polar surface area (TPSA) is 73.8 Å². The van der Waals surface area contributed by atoms with E-state index in [0.717, 1.165) is 0 Å². The molecule has 0 saturated carbocycles. The van der Waals surface area contributed by atoms with Crippen molar-refractivity contribution in [2.45, 2.75) is 13.0 Å². The van der Waals surface area contributed by atoms with Crippen molar-refractivity contribution in [3.8, 4) is 17.4 Å². The molecule has 1 aromatic heterocycles. The van der Waals surface area contributed by atoms with Gasteiger partial charge in [0.15, 0.2) is 6.10 Å². The summed E-state index contributed by atoms with van der Waals surface area (Å²) in [6.45, 7) is 2.64. The first-order valence-corrected chi connectivity index (χ1v) is 9.47. The molecule has 1 atom stereocenters. The number of aromatic nitrogens is 2. The second-order valence-electron chi connectivity index (χ2n) is 6.65. The van der Waals surface area contributed by atoms with Crippen LogP contribution >= 0.6 is 11.6 Å². The lowest BCUT2D eigenvalue weighted by Crippen LogP contribution is -2.29. The predicted octanol–water partition coefficient (Wildman–Crippen LogP) is 3.95. The van der Waals surface area contributed by atoms with Crippen molar-refractivity contribution < 1.29 is 19.0 Å². The van der Waals surface area contributed by atoms with Crippen LogP contribution in [0.15, 0.2) is 48.7 Å². The lowest BCUT2D eigenvalue weighted by Gasteiger charge is -2.15. The van der Waals surface area contributed by atoms with Crippen LogP contribution in [-0.2, 0) is 9.53 Å². The Labute approximate surface area is 174 Å². The minimum atomic E-state index is -0.706. The number of benzene rings is 2. The highest BCUT2D eigenvalue weighted by Gasteiger charge is 2.16. The fourth-order valence-electron chi connectivity index (χ4n) is 2.42. The van der Waals surface area contributed by atoms with Gasteiger partial charge in [0.25, 0.3) is 0 Å². The van der Waals surface area contributed by atoms with Crippen molar-refractivity contribution in [1.82, 2.24) is 14.9 Å². The summed E-state index contributed by atoms with van der Waals surface area (Å²) in [6.07, 6.45) is 0.830. The maximum atomic E-state index is 12.0. The number of carbonyl (C=O) groups excluding carboxylic acids is 1. The van der Waals surface area contributed by atoms with Crippen LogP contribution in [0.1, 0.15) is 6.92 Å². The Hall–Kier alpha value is -2.90. The molecule has 0 bridgehead atoms. The zero-order chi connectivity index (χ0) is 20.8. The normalized spacial score (nSPS) is 12.0. The average molecular weight is 416 g/mol. The van der Waals surface area contributed by atoms with Gasteiger partial charge < -0.3 is 19.1 Å². The summed E-state index contributed by atoms with van der Waals surface area (Å²) < 4.78 is 16.5. The van der Waals surface area contributed by atoms with Gasteiger partial charge in [-0.15, -0.1) is 0 Å². The van der Waals surface area contributed by atoms with E-state index < -0.39 is 12.1 Å². The lowest BCUT2D eigenvalue weighted by molar-refractivity contribution is -0.151. The van der Waals surface area contributed by atoms with Gasteiger partial charge in [0.2, 0.25) is 5.88 Å². The third kappa shape index (κ3) is 6.04. The van der Waals surface area contributed by atoms with E-state index in [1.54, 1.807) is 49.4 Å². The molecule has 2 aromatic carbocycles. The third-order valence-electron chi connectivity index (χ3n) is 3.96. The Morgan fingerprint density at radius 3 is 2.55 bits per heavy atom. The summed E-state index contributed by atoms with van der Waals surface area (Å²) in [4.78, 5) is 22.6. The number of rotatable bonds is 8. The van der Waals surface area contributed by atoms with E-state index in [-0.39, 0.29) is 0 Å². The molecular weight excluding hydrogens is 394 g/mol. The Morgan fingerprint density at radius 1 is 1.10 bits per heavy atom. The van der Waals surface area contributed by atoms with Crippen molar-refractivity contribution >= 4 is 28.6 Å². The molecule has 0 fully saturated rings. The summed E-state index contributed by atoms with van der Waals surface area (Å²) in [5.74, 6) is 1.07. The molecule has 1 heterocycles. The maximum Gasteiger partial charge on any atom is 0.347 e. The number of hydrogen-bond acceptors (Lipinski definition) is 7. The molecule has 152 valence electrons. The van der Waals surface area contributed by atoms with Gasteiger partial charge in [0, 0.05) is 11.6 Å². The average Bonchev–Trinajstić information content (AvgIpc) is 2.69. The van der Waals surface area contributed by atoms with Crippen LogP contribution in [-0.4, -0.2) is 54.2 Å². The van der Waals surface area contributed by atoms with Crippen molar-refractivity contribution in [1.29, 1.82) is 0 Å². The van der Waals surface area contributed by atoms with E-state index in [1.807, 2.05) is 19.0 Å². The Balaban J connectivity index is 1.57. The summed E-state index contributed by atoms with van der Waals surface area (Å²) in [5, 5.41) is 0.604. The quantitative estimate of drug-likeness (QED) is 0.516. The largest absolute Gasteiger partial charge is 0.479 e. The zero-order valence-corrected chi connectivity index (χ0v) is 17.2. The number of carbonyl (C=O) groups is 1. The second-order valence-corrected chi connectivity index (χ2v) is 7.08. The molecule has 29 heavy (non-hydrogen) atoms. The Bertz CT molecular complexity index is 979. The number of esters is 1. The van der Waals surface area contributed by atoms with E-state index in [0.29, 0.717) is 46.6 Å². The number of hydrogen-bond donors (Lipinski definition) is 0. The third-order valence-corrected chi connectivity index (χ3v) is 4.19. The van der Waals surface area contributed by atoms with Crippen molar-refractivity contribution in [2.75, 3.05) is 27.2 Å². The van der Waals surface area contributed by atoms with Gasteiger partial charge in [-0.05, 0) is 63.5 Å². The van der Waals surface area contributed by atoms with Crippen LogP contribution in [0.25, 0.3) is 11.0 Å². The summed E-state index contributed by atoms with van der Waals surface area (Å²) in [6, 6.07) is 12.2. The second kappa shape index (κ2) is 9.54. The fraction of sp³-hybridized carbons (Fsp3) is 0.286. The van der Waals surface area contributed by atoms with Crippen molar-refractivity contribution in [2.24, 2.45) is 0 Å². The molecule has 0 amide bonds. The first-order chi connectivity index (χ1) is 13.9. The van der Waals surface area contributed by atoms with Crippen LogP contribution in [0.3, 0.4) is 0 Å². The minimum absolute atomic E-state index is 0.325. The summed E-state index contributed by atoms with van der Waals surface area (Å²) >= 11 is 5.95. The van der Waals surface area contributed by atoms with Gasteiger partial charge in [-0.25, -0.2) is 14.8 Å². The van der Waals surface area contributed by atoms with Gasteiger partial charge in [-0.1, -0.05) is 11.6 Å². The van der Waals surface area contributed by atoms with E-state index >= 15 is 0 Å². The minimum Gasteiger partial charge on any atom is -0.479 e. The van der Waals surface area contributed by atoms with Gasteiger partial charge in [-0.2, -0.15) is 0 Å². The van der Waals surface area contributed by atoms with Gasteiger partial charge in [0.1, 0.15) is 18.1 Å². The molecule has 0 aliphatic heterocycles. The first kappa shape index (κ1) is 20.8. The molecule has 1 unspecified atom stereocenters. The van der Waals surface area contributed by atoms with E-state index in [4.69, 9.17) is 25.8 Å². The number of likely N-dealkylation sites (N-methyl/N-ethyl adjacent to an activating group) is 1. The molecule has 7 nitrogen and oxygen atoms in total. The Kier molecular flexibility index (Phi) is 6.85. The van der Waals surface area contributed by atoms with Gasteiger partial charge in [0.05, 0.1) is 17.2 Å². The van der Waals surface area contributed by atoms with Gasteiger partial charge in [-0.3, -0.25) is 0 Å². The molecule has 3 rings (SSSR count). The fourth-order valence-corrected chi connectivity index (χ4v) is 2.59. The highest BCUT2D eigenvalue weighted by Crippen LogP contribution is 2.25. The SMILES string of the molecule is CC(Oc1ccc(Oc2cnc3cc(Cl)ccc3n2)cc1)C(=O)OCCN(C)C. The predicted molar refractivity (Wildman–Crippen MR) is 111 cm³/mol. The number of ether oxygens (including phenoxy) is 3. The summed E-state index contributed by atoms with van der Waals surface area (Å²) in [5.41, 5.74) is 1.38.